The van der Waals surface area contributed by atoms with Gasteiger partial charge in [0, 0.05) is 6.04 Å². The molecule has 3 nitrogen and oxygen atoms in total. The van der Waals surface area contributed by atoms with Gasteiger partial charge in [-0.15, -0.1) is 0 Å². The van der Waals surface area contributed by atoms with Crippen molar-refractivity contribution < 1.29 is 4.79 Å². The van der Waals surface area contributed by atoms with E-state index in [0.29, 0.717) is 12.1 Å². The fourth-order valence-electron chi connectivity index (χ4n) is 5.15. The molecule has 0 aromatic heterocycles. The number of rotatable bonds is 3. The summed E-state index contributed by atoms with van der Waals surface area (Å²) in [5.74, 6) is 0.177. The van der Waals surface area contributed by atoms with Gasteiger partial charge in [0.1, 0.15) is 0 Å². The Labute approximate surface area is 180 Å². The number of amides is 1. The first-order valence-electron chi connectivity index (χ1n) is 11.4. The molecule has 1 saturated heterocycles. The molecule has 0 radical (unpaired) electrons. The summed E-state index contributed by atoms with van der Waals surface area (Å²) in [5.41, 5.74) is 4.94. The van der Waals surface area contributed by atoms with Crippen LogP contribution in [0.5, 0.6) is 0 Å². The van der Waals surface area contributed by atoms with Crippen LogP contribution >= 0.6 is 11.8 Å². The summed E-state index contributed by atoms with van der Waals surface area (Å²) < 4.78 is 0. The highest BCUT2D eigenvalue weighted by atomic mass is 32.2. The molecule has 3 aliphatic rings. The lowest BCUT2D eigenvalue weighted by Gasteiger charge is -2.31. The summed E-state index contributed by atoms with van der Waals surface area (Å²) in [6.45, 7) is 6.42. The molecule has 1 aromatic rings. The zero-order valence-corrected chi connectivity index (χ0v) is 19.0. The van der Waals surface area contributed by atoms with E-state index in [4.69, 9.17) is 4.99 Å². The molecule has 0 atom stereocenters. The van der Waals surface area contributed by atoms with Crippen molar-refractivity contribution in [1.82, 2.24) is 4.90 Å². The van der Waals surface area contributed by atoms with Crippen LogP contribution in [0.2, 0.25) is 0 Å². The SMILES string of the molecule is Cc1cc(C)c(C=C2SC(=NC3CCCCC3)N(C3CCCCC3)C2=O)c(C)c1. The predicted molar refractivity (Wildman–Crippen MR) is 124 cm³/mol. The lowest BCUT2D eigenvalue weighted by atomic mass is 9.94. The Morgan fingerprint density at radius 3 is 2.14 bits per heavy atom. The summed E-state index contributed by atoms with van der Waals surface area (Å²) in [5, 5.41) is 0.975. The smallest absolute Gasteiger partial charge is 0.267 e. The van der Waals surface area contributed by atoms with Gasteiger partial charge >= 0.3 is 0 Å². The number of aryl methyl sites for hydroxylation is 3. The predicted octanol–water partition coefficient (Wildman–Crippen LogP) is 6.55. The van der Waals surface area contributed by atoms with E-state index in [1.54, 1.807) is 11.8 Å². The molecule has 1 amide bonds. The van der Waals surface area contributed by atoms with Crippen LogP contribution in [0, 0.1) is 20.8 Å². The molecule has 0 bridgehead atoms. The normalized spacial score (nSPS) is 24.8. The van der Waals surface area contributed by atoms with E-state index in [1.165, 1.54) is 73.6 Å². The van der Waals surface area contributed by atoms with Gasteiger partial charge in [0.25, 0.3) is 5.91 Å². The molecule has 0 spiro atoms. The Kier molecular flexibility index (Phi) is 6.48. The van der Waals surface area contributed by atoms with Crippen LogP contribution in [0.25, 0.3) is 6.08 Å². The average molecular weight is 411 g/mol. The molecule has 4 rings (SSSR count). The van der Waals surface area contributed by atoms with Crippen molar-refractivity contribution in [3.8, 4) is 0 Å². The zero-order chi connectivity index (χ0) is 20.4. The van der Waals surface area contributed by atoms with Crippen LogP contribution < -0.4 is 0 Å². The molecule has 156 valence electrons. The van der Waals surface area contributed by atoms with Crippen molar-refractivity contribution >= 4 is 28.9 Å². The maximum absolute atomic E-state index is 13.5. The quantitative estimate of drug-likeness (QED) is 0.529. The highest BCUT2D eigenvalue weighted by Crippen LogP contribution is 2.39. The first kappa shape index (κ1) is 20.7. The van der Waals surface area contributed by atoms with Crippen LogP contribution in [-0.2, 0) is 4.79 Å². The summed E-state index contributed by atoms with van der Waals surface area (Å²) in [6.07, 6.45) is 14.3. The number of hydrogen-bond donors (Lipinski definition) is 0. The Hall–Kier alpha value is -1.55. The first-order valence-corrected chi connectivity index (χ1v) is 12.2. The molecule has 29 heavy (non-hydrogen) atoms. The van der Waals surface area contributed by atoms with Crippen LogP contribution in [-0.4, -0.2) is 28.1 Å². The Balaban J connectivity index is 1.67. The van der Waals surface area contributed by atoms with E-state index in [2.05, 4.69) is 43.9 Å². The highest BCUT2D eigenvalue weighted by molar-refractivity contribution is 8.18. The van der Waals surface area contributed by atoms with Gasteiger partial charge in [-0.25, -0.2) is 0 Å². The average Bonchev–Trinajstić information content (AvgIpc) is 3.01. The van der Waals surface area contributed by atoms with Crippen molar-refractivity contribution in [2.45, 2.75) is 97.1 Å². The van der Waals surface area contributed by atoms with Crippen molar-refractivity contribution in [3.63, 3.8) is 0 Å². The molecular weight excluding hydrogens is 376 g/mol. The summed E-state index contributed by atoms with van der Waals surface area (Å²) in [4.78, 5) is 21.6. The van der Waals surface area contributed by atoms with Crippen LogP contribution in [0.1, 0.15) is 86.5 Å². The maximum atomic E-state index is 13.5. The molecule has 2 aliphatic carbocycles. The number of benzene rings is 1. The van der Waals surface area contributed by atoms with E-state index in [-0.39, 0.29) is 5.91 Å². The number of aliphatic imine (C=N–C) groups is 1. The number of hydrogen-bond acceptors (Lipinski definition) is 3. The van der Waals surface area contributed by atoms with Gasteiger partial charge in [-0.1, -0.05) is 56.2 Å². The minimum absolute atomic E-state index is 0.177. The van der Waals surface area contributed by atoms with E-state index in [0.717, 1.165) is 22.9 Å². The molecule has 1 heterocycles. The lowest BCUT2D eigenvalue weighted by Crippen LogP contribution is -2.41. The van der Waals surface area contributed by atoms with Gasteiger partial charge in [-0.05, 0) is 81.0 Å². The molecular formula is C25H34N2OS. The van der Waals surface area contributed by atoms with Crippen molar-refractivity contribution in [1.29, 1.82) is 0 Å². The van der Waals surface area contributed by atoms with Gasteiger partial charge in [0.2, 0.25) is 0 Å². The second-order valence-electron chi connectivity index (χ2n) is 9.09. The number of nitrogens with zero attached hydrogens (tertiary/aromatic N) is 2. The third kappa shape index (κ3) is 4.63. The van der Waals surface area contributed by atoms with E-state index in [1.807, 2.05) is 0 Å². The minimum Gasteiger partial charge on any atom is -0.284 e. The maximum Gasteiger partial charge on any atom is 0.267 e. The Morgan fingerprint density at radius 1 is 0.931 bits per heavy atom. The molecule has 1 aromatic carbocycles. The van der Waals surface area contributed by atoms with E-state index >= 15 is 0 Å². The van der Waals surface area contributed by atoms with Crippen molar-refractivity contribution in [3.05, 3.63) is 39.3 Å². The highest BCUT2D eigenvalue weighted by Gasteiger charge is 2.39. The Morgan fingerprint density at radius 2 is 1.52 bits per heavy atom. The number of thioether (sulfide) groups is 1. The molecule has 0 unspecified atom stereocenters. The largest absolute Gasteiger partial charge is 0.284 e. The standard InChI is InChI=1S/C25H34N2OS/c1-17-14-18(2)22(19(3)15-17)16-23-24(28)27(21-12-8-5-9-13-21)25(29-23)26-20-10-6-4-7-11-20/h14-16,20-21H,4-13H2,1-3H3. The van der Waals surface area contributed by atoms with E-state index < -0.39 is 0 Å². The van der Waals surface area contributed by atoms with E-state index in [9.17, 15) is 4.79 Å². The third-order valence-electron chi connectivity index (χ3n) is 6.66. The van der Waals surface area contributed by atoms with Gasteiger partial charge in [-0.2, -0.15) is 0 Å². The molecule has 3 fully saturated rings. The molecule has 2 saturated carbocycles. The number of amidine groups is 1. The number of carbonyl (C=O) groups is 1. The van der Waals surface area contributed by atoms with Crippen LogP contribution in [0.15, 0.2) is 22.0 Å². The lowest BCUT2D eigenvalue weighted by molar-refractivity contribution is -0.124. The molecule has 4 heteroatoms. The van der Waals surface area contributed by atoms with Crippen molar-refractivity contribution in [2.24, 2.45) is 4.99 Å². The third-order valence-corrected chi connectivity index (χ3v) is 7.65. The molecule has 1 aliphatic heterocycles. The first-order chi connectivity index (χ1) is 14.0. The van der Waals surface area contributed by atoms with Gasteiger partial charge in [0.15, 0.2) is 5.17 Å². The van der Waals surface area contributed by atoms with Crippen molar-refractivity contribution in [2.75, 3.05) is 0 Å². The fraction of sp³-hybridized carbons (Fsp3) is 0.600. The van der Waals surface area contributed by atoms with Crippen LogP contribution in [0.3, 0.4) is 0 Å². The second kappa shape index (κ2) is 9.07. The molecule has 0 N–H and O–H groups in total. The summed E-state index contributed by atoms with van der Waals surface area (Å²) in [6, 6.07) is 5.14. The summed E-state index contributed by atoms with van der Waals surface area (Å²) >= 11 is 1.62. The van der Waals surface area contributed by atoms with Crippen LogP contribution in [0.4, 0.5) is 0 Å². The topological polar surface area (TPSA) is 32.7 Å². The van der Waals surface area contributed by atoms with Gasteiger partial charge in [0.05, 0.1) is 10.9 Å². The monoisotopic (exact) mass is 410 g/mol. The zero-order valence-electron chi connectivity index (χ0n) is 18.2. The minimum atomic E-state index is 0.177. The van der Waals surface area contributed by atoms with Gasteiger partial charge in [-0.3, -0.25) is 14.7 Å². The summed E-state index contributed by atoms with van der Waals surface area (Å²) in [7, 11) is 0. The fourth-order valence-corrected chi connectivity index (χ4v) is 6.25. The van der Waals surface area contributed by atoms with Gasteiger partial charge < -0.3 is 0 Å². The second-order valence-corrected chi connectivity index (χ2v) is 10.1. The Bertz CT molecular complexity index is 806. The number of carbonyl (C=O) groups excluding carboxylic acids is 1.